The van der Waals surface area contributed by atoms with Crippen molar-refractivity contribution in [2.45, 2.75) is 12.9 Å². The summed E-state index contributed by atoms with van der Waals surface area (Å²) in [6, 6.07) is 17.3. The number of sulfonamides is 1. The highest BCUT2D eigenvalue weighted by Gasteiger charge is 2.31. The highest BCUT2D eigenvalue weighted by Crippen LogP contribution is 2.25. The predicted octanol–water partition coefficient (Wildman–Crippen LogP) is 5.46. The number of carbonyl (C=O) groups is 1. The van der Waals surface area contributed by atoms with Crippen molar-refractivity contribution >= 4 is 38.9 Å². The molecule has 33 heavy (non-hydrogen) atoms. The van der Waals surface area contributed by atoms with Crippen LogP contribution in [-0.4, -0.2) is 26.9 Å². The number of nitrogens with one attached hydrogen (secondary N) is 1. The number of ether oxygens (including phenoxy) is 1. The van der Waals surface area contributed by atoms with E-state index in [4.69, 9.17) is 11.6 Å². The number of hydrogen-bond donors (Lipinski definition) is 1. The van der Waals surface area contributed by atoms with Crippen molar-refractivity contribution in [2.75, 3.05) is 15.9 Å². The normalized spacial score (nSPS) is 11.7. The molecular weight excluding hydrogens is 481 g/mol. The first-order chi connectivity index (χ1) is 15.4. The molecule has 174 valence electrons. The molecule has 3 rings (SSSR count). The van der Waals surface area contributed by atoms with Gasteiger partial charge in [-0.05, 0) is 66.2 Å². The molecule has 3 aromatic rings. The Labute approximate surface area is 193 Å². The van der Waals surface area contributed by atoms with E-state index in [1.165, 1.54) is 40.7 Å². The third kappa shape index (κ3) is 7.13. The van der Waals surface area contributed by atoms with Gasteiger partial charge in [-0.25, -0.2) is 8.42 Å². The van der Waals surface area contributed by atoms with E-state index >= 15 is 0 Å². The van der Waals surface area contributed by atoms with E-state index in [1.54, 1.807) is 24.3 Å². The first-order valence-corrected chi connectivity index (χ1v) is 11.6. The van der Waals surface area contributed by atoms with Crippen molar-refractivity contribution in [2.24, 2.45) is 0 Å². The van der Waals surface area contributed by atoms with E-state index < -0.39 is 28.0 Å². The second kappa shape index (κ2) is 9.72. The van der Waals surface area contributed by atoms with Crippen molar-refractivity contribution in [3.63, 3.8) is 0 Å². The quantitative estimate of drug-likeness (QED) is 0.469. The molecule has 0 atom stereocenters. The maximum Gasteiger partial charge on any atom is 0.573 e. The van der Waals surface area contributed by atoms with E-state index in [9.17, 15) is 26.4 Å². The molecule has 0 bridgehead atoms. The van der Waals surface area contributed by atoms with Gasteiger partial charge in [0.2, 0.25) is 10.0 Å². The number of alkyl halides is 3. The van der Waals surface area contributed by atoms with Gasteiger partial charge in [-0.1, -0.05) is 23.7 Å². The molecule has 0 radical (unpaired) electrons. The molecule has 0 unspecified atom stereocenters. The van der Waals surface area contributed by atoms with Gasteiger partial charge < -0.3 is 10.1 Å². The van der Waals surface area contributed by atoms with E-state index in [1.807, 2.05) is 0 Å². The van der Waals surface area contributed by atoms with Gasteiger partial charge >= 0.3 is 6.36 Å². The fourth-order valence-electron chi connectivity index (χ4n) is 2.88. The molecular formula is C22H18ClF3N2O4S. The van der Waals surface area contributed by atoms with Gasteiger partial charge in [0.15, 0.2) is 0 Å². The average Bonchev–Trinajstić information content (AvgIpc) is 2.73. The molecule has 0 saturated heterocycles. The van der Waals surface area contributed by atoms with E-state index in [2.05, 4.69) is 10.1 Å². The Morgan fingerprint density at radius 3 is 2.06 bits per heavy atom. The van der Waals surface area contributed by atoms with Crippen LogP contribution < -0.4 is 14.4 Å². The molecule has 0 spiro atoms. The smallest absolute Gasteiger partial charge is 0.406 e. The Morgan fingerprint density at radius 1 is 0.970 bits per heavy atom. The van der Waals surface area contributed by atoms with Crippen LogP contribution in [0.15, 0.2) is 72.8 Å². The molecule has 6 nitrogen and oxygen atoms in total. The van der Waals surface area contributed by atoms with E-state index in [0.29, 0.717) is 10.7 Å². The summed E-state index contributed by atoms with van der Waals surface area (Å²) in [6.45, 7) is 0.0773. The molecule has 0 saturated carbocycles. The van der Waals surface area contributed by atoms with Crippen LogP contribution in [0.4, 0.5) is 24.5 Å². The van der Waals surface area contributed by atoms with Gasteiger partial charge in [0, 0.05) is 16.3 Å². The summed E-state index contributed by atoms with van der Waals surface area (Å²) in [5.74, 6) is -0.930. The molecule has 11 heteroatoms. The van der Waals surface area contributed by atoms with E-state index in [-0.39, 0.29) is 17.8 Å². The fourth-order valence-corrected chi connectivity index (χ4v) is 3.89. The van der Waals surface area contributed by atoms with Gasteiger partial charge in [0.05, 0.1) is 18.5 Å². The van der Waals surface area contributed by atoms with Crippen molar-refractivity contribution in [3.8, 4) is 5.75 Å². The first kappa shape index (κ1) is 24.4. The third-order valence-corrected chi connectivity index (χ3v) is 5.80. The Bertz CT molecular complexity index is 1210. The second-order valence-corrected chi connectivity index (χ2v) is 9.31. The Kier molecular flexibility index (Phi) is 7.19. The summed E-state index contributed by atoms with van der Waals surface area (Å²) in [4.78, 5) is 12.5. The minimum atomic E-state index is -4.81. The largest absolute Gasteiger partial charge is 0.573 e. The van der Waals surface area contributed by atoms with Gasteiger partial charge in [0.1, 0.15) is 5.75 Å². The SMILES string of the molecule is CS(=O)(=O)N(Cc1ccc(Cl)cc1)c1ccc(C(=O)Nc2ccc(OC(F)(F)F)cc2)cc1. The van der Waals surface area contributed by atoms with Crippen LogP contribution in [0.2, 0.25) is 5.02 Å². The summed E-state index contributed by atoms with van der Waals surface area (Å²) in [6.07, 6.45) is -3.73. The van der Waals surface area contributed by atoms with Crippen molar-refractivity contribution < 1.29 is 31.1 Å². The summed E-state index contributed by atoms with van der Waals surface area (Å²) in [5.41, 5.74) is 1.58. The molecule has 1 N–H and O–H groups in total. The zero-order valence-corrected chi connectivity index (χ0v) is 18.7. The highest BCUT2D eigenvalue weighted by atomic mass is 35.5. The summed E-state index contributed by atoms with van der Waals surface area (Å²) in [7, 11) is -3.62. The fraction of sp³-hybridized carbons (Fsp3) is 0.136. The van der Waals surface area contributed by atoms with Crippen molar-refractivity contribution in [3.05, 3.63) is 88.9 Å². The summed E-state index contributed by atoms with van der Waals surface area (Å²) < 4.78 is 66.3. The molecule has 0 fully saturated rings. The molecule has 0 aliphatic carbocycles. The molecule has 0 aliphatic rings. The monoisotopic (exact) mass is 498 g/mol. The Morgan fingerprint density at radius 2 is 1.55 bits per heavy atom. The zero-order valence-electron chi connectivity index (χ0n) is 17.1. The lowest BCUT2D eigenvalue weighted by Crippen LogP contribution is -2.29. The van der Waals surface area contributed by atoms with Crippen molar-refractivity contribution in [1.29, 1.82) is 0 Å². The maximum atomic E-state index is 12.5. The standard InChI is InChI=1S/C22H18ClF3N2O4S/c1-33(30,31)28(14-15-2-6-17(23)7-3-15)19-10-4-16(5-11-19)21(29)27-18-8-12-20(13-9-18)32-22(24,25)26/h2-13H,14H2,1H3,(H,27,29). The number of carbonyl (C=O) groups excluding carboxylic acids is 1. The minimum Gasteiger partial charge on any atom is -0.406 e. The number of hydrogen-bond acceptors (Lipinski definition) is 4. The van der Waals surface area contributed by atoms with Crippen LogP contribution in [0, 0.1) is 0 Å². The Hall–Kier alpha value is -3.24. The summed E-state index contributed by atoms with van der Waals surface area (Å²) in [5, 5.41) is 3.08. The van der Waals surface area contributed by atoms with E-state index in [0.717, 1.165) is 24.0 Å². The molecule has 1 amide bonds. The minimum absolute atomic E-state index is 0.0773. The Balaban J connectivity index is 1.72. The lowest BCUT2D eigenvalue weighted by molar-refractivity contribution is -0.274. The molecule has 0 aromatic heterocycles. The molecule has 0 aliphatic heterocycles. The first-order valence-electron chi connectivity index (χ1n) is 9.40. The van der Waals surface area contributed by atoms with Gasteiger partial charge in [-0.15, -0.1) is 13.2 Å². The van der Waals surface area contributed by atoms with Crippen LogP contribution >= 0.6 is 11.6 Å². The molecule has 3 aromatic carbocycles. The number of benzene rings is 3. The van der Waals surface area contributed by atoms with Gasteiger partial charge in [0.25, 0.3) is 5.91 Å². The summed E-state index contributed by atoms with van der Waals surface area (Å²) >= 11 is 5.87. The number of halogens is 4. The third-order valence-electron chi connectivity index (χ3n) is 4.40. The number of anilines is 2. The molecule has 0 heterocycles. The lowest BCUT2D eigenvalue weighted by Gasteiger charge is -2.23. The number of nitrogens with zero attached hydrogens (tertiary/aromatic N) is 1. The predicted molar refractivity (Wildman–Crippen MR) is 120 cm³/mol. The second-order valence-electron chi connectivity index (χ2n) is 6.97. The highest BCUT2D eigenvalue weighted by molar-refractivity contribution is 7.92. The van der Waals surface area contributed by atoms with Crippen LogP contribution in [0.3, 0.4) is 0 Å². The van der Waals surface area contributed by atoms with Gasteiger partial charge in [-0.3, -0.25) is 9.10 Å². The van der Waals surface area contributed by atoms with Crippen LogP contribution in [-0.2, 0) is 16.6 Å². The topological polar surface area (TPSA) is 75.7 Å². The van der Waals surface area contributed by atoms with Gasteiger partial charge in [-0.2, -0.15) is 0 Å². The van der Waals surface area contributed by atoms with Crippen LogP contribution in [0.1, 0.15) is 15.9 Å². The number of amides is 1. The average molecular weight is 499 g/mol. The maximum absolute atomic E-state index is 12.5. The van der Waals surface area contributed by atoms with Crippen molar-refractivity contribution in [1.82, 2.24) is 0 Å². The number of rotatable bonds is 7. The zero-order chi connectivity index (χ0) is 24.2. The van der Waals surface area contributed by atoms with Crippen LogP contribution in [0.25, 0.3) is 0 Å². The lowest BCUT2D eigenvalue weighted by atomic mass is 10.1. The van der Waals surface area contributed by atoms with Crippen LogP contribution in [0.5, 0.6) is 5.75 Å².